The van der Waals surface area contributed by atoms with Gasteiger partial charge in [0.05, 0.1) is 10.5 Å². The van der Waals surface area contributed by atoms with Gasteiger partial charge in [0.2, 0.25) is 0 Å². The molecule has 2 aromatic carbocycles. The molecule has 0 saturated carbocycles. The lowest BCUT2D eigenvalue weighted by molar-refractivity contribution is -0.384. The summed E-state index contributed by atoms with van der Waals surface area (Å²) in [4.78, 5) is 21.6. The molecule has 0 aromatic heterocycles. The summed E-state index contributed by atoms with van der Waals surface area (Å²) in [5, 5.41) is 12.7. The maximum Gasteiger partial charge on any atom is 0.269 e. The van der Waals surface area contributed by atoms with Crippen LogP contribution in [0.2, 0.25) is 0 Å². The number of benzene rings is 2. The number of hydrogen-bond donors (Lipinski definition) is 1. The number of anilines is 1. The number of nitrogens with one attached hydrogen (secondary N) is 1. The van der Waals surface area contributed by atoms with Gasteiger partial charge in [-0.15, -0.1) is 0 Å². The standard InChI is InChI=1S/C13H7F3N2O3/c14-10-6-5-9(11(15)12(10)16)13(19)17-7-1-3-8(4-2-7)18(20)21/h1-6H,(H,17,19). The van der Waals surface area contributed by atoms with Crippen LogP contribution in [0.25, 0.3) is 0 Å². The molecule has 2 aromatic rings. The summed E-state index contributed by atoms with van der Waals surface area (Å²) < 4.78 is 39.2. The predicted octanol–water partition coefficient (Wildman–Crippen LogP) is 3.26. The minimum absolute atomic E-state index is 0.148. The highest BCUT2D eigenvalue weighted by Gasteiger charge is 2.19. The zero-order valence-corrected chi connectivity index (χ0v) is 10.3. The molecule has 2 rings (SSSR count). The summed E-state index contributed by atoms with van der Waals surface area (Å²) in [6, 6.07) is 6.16. The zero-order chi connectivity index (χ0) is 15.6. The van der Waals surface area contributed by atoms with Crippen LogP contribution in [0.3, 0.4) is 0 Å². The molecule has 21 heavy (non-hydrogen) atoms. The first-order valence-electron chi connectivity index (χ1n) is 5.59. The number of hydrogen-bond acceptors (Lipinski definition) is 3. The minimum Gasteiger partial charge on any atom is -0.322 e. The highest BCUT2D eigenvalue weighted by Crippen LogP contribution is 2.19. The van der Waals surface area contributed by atoms with Crippen LogP contribution in [0.15, 0.2) is 36.4 Å². The van der Waals surface area contributed by atoms with E-state index in [0.717, 1.165) is 18.2 Å². The molecule has 1 amide bonds. The van der Waals surface area contributed by atoms with Crippen molar-refractivity contribution < 1.29 is 22.9 Å². The van der Waals surface area contributed by atoms with E-state index in [1.165, 1.54) is 12.1 Å². The Kier molecular flexibility index (Phi) is 3.88. The fraction of sp³-hybridized carbons (Fsp3) is 0. The van der Waals surface area contributed by atoms with Crippen molar-refractivity contribution in [3.63, 3.8) is 0 Å². The second-order valence-corrected chi connectivity index (χ2v) is 3.98. The number of carbonyl (C=O) groups excluding carboxylic acids is 1. The van der Waals surface area contributed by atoms with Gasteiger partial charge < -0.3 is 5.32 Å². The SMILES string of the molecule is O=C(Nc1ccc([N+](=O)[O-])cc1)c1ccc(F)c(F)c1F. The Morgan fingerprint density at radius 1 is 1.00 bits per heavy atom. The fourth-order valence-corrected chi connectivity index (χ4v) is 1.57. The van der Waals surface area contributed by atoms with Gasteiger partial charge in [-0.2, -0.15) is 0 Å². The Bertz CT molecular complexity index is 717. The van der Waals surface area contributed by atoms with Crippen LogP contribution in [0.4, 0.5) is 24.5 Å². The molecule has 108 valence electrons. The number of carbonyl (C=O) groups is 1. The maximum atomic E-state index is 13.4. The van der Waals surface area contributed by atoms with Crippen LogP contribution in [0.5, 0.6) is 0 Å². The molecule has 8 heteroatoms. The lowest BCUT2D eigenvalue weighted by Crippen LogP contribution is -2.15. The molecular weight excluding hydrogens is 289 g/mol. The first-order chi connectivity index (χ1) is 9.90. The van der Waals surface area contributed by atoms with E-state index in [1.54, 1.807) is 0 Å². The fourth-order valence-electron chi connectivity index (χ4n) is 1.57. The molecule has 0 spiro atoms. The molecule has 0 radical (unpaired) electrons. The van der Waals surface area contributed by atoms with Gasteiger partial charge in [-0.05, 0) is 24.3 Å². The highest BCUT2D eigenvalue weighted by atomic mass is 19.2. The van der Waals surface area contributed by atoms with Gasteiger partial charge in [-0.1, -0.05) is 0 Å². The van der Waals surface area contributed by atoms with Gasteiger partial charge in [-0.25, -0.2) is 13.2 Å². The van der Waals surface area contributed by atoms with Crippen molar-refractivity contribution in [3.05, 3.63) is 69.5 Å². The normalized spacial score (nSPS) is 10.2. The average Bonchev–Trinajstić information content (AvgIpc) is 2.45. The van der Waals surface area contributed by atoms with E-state index in [1.807, 2.05) is 0 Å². The summed E-state index contributed by atoms with van der Waals surface area (Å²) >= 11 is 0. The van der Waals surface area contributed by atoms with Crippen molar-refractivity contribution in [2.75, 3.05) is 5.32 Å². The quantitative estimate of drug-likeness (QED) is 0.537. The number of halogens is 3. The Hall–Kier alpha value is -2.90. The molecule has 0 fully saturated rings. The molecule has 0 heterocycles. The molecule has 0 atom stereocenters. The lowest BCUT2D eigenvalue weighted by atomic mass is 10.1. The van der Waals surface area contributed by atoms with Gasteiger partial charge in [0.15, 0.2) is 17.5 Å². The Morgan fingerprint density at radius 3 is 2.19 bits per heavy atom. The molecule has 0 aliphatic carbocycles. The van der Waals surface area contributed by atoms with Gasteiger partial charge in [0.25, 0.3) is 11.6 Å². The zero-order valence-electron chi connectivity index (χ0n) is 10.3. The van der Waals surface area contributed by atoms with E-state index in [-0.39, 0.29) is 11.4 Å². The van der Waals surface area contributed by atoms with E-state index < -0.39 is 33.8 Å². The third-order valence-corrected chi connectivity index (χ3v) is 2.62. The Labute approximate surface area is 116 Å². The summed E-state index contributed by atoms with van der Waals surface area (Å²) in [5.41, 5.74) is -0.714. The Morgan fingerprint density at radius 2 is 1.62 bits per heavy atom. The number of amides is 1. The minimum atomic E-state index is -1.74. The number of rotatable bonds is 3. The topological polar surface area (TPSA) is 72.2 Å². The summed E-state index contributed by atoms with van der Waals surface area (Å²) in [7, 11) is 0. The van der Waals surface area contributed by atoms with Crippen LogP contribution >= 0.6 is 0 Å². The molecule has 0 saturated heterocycles. The van der Waals surface area contributed by atoms with Gasteiger partial charge in [0, 0.05) is 17.8 Å². The van der Waals surface area contributed by atoms with Crippen LogP contribution < -0.4 is 5.32 Å². The molecule has 0 aliphatic heterocycles. The molecule has 0 bridgehead atoms. The molecule has 0 aliphatic rings. The summed E-state index contributed by atoms with van der Waals surface area (Å²) in [6.07, 6.45) is 0. The lowest BCUT2D eigenvalue weighted by Gasteiger charge is -2.06. The van der Waals surface area contributed by atoms with Gasteiger partial charge in [0.1, 0.15) is 0 Å². The number of non-ortho nitro benzene ring substituents is 1. The summed E-state index contributed by atoms with van der Waals surface area (Å²) in [5.74, 6) is -5.75. The third-order valence-electron chi connectivity index (χ3n) is 2.62. The van der Waals surface area contributed by atoms with E-state index in [0.29, 0.717) is 6.07 Å². The average molecular weight is 296 g/mol. The predicted molar refractivity (Wildman–Crippen MR) is 67.4 cm³/mol. The van der Waals surface area contributed by atoms with Gasteiger partial charge >= 0.3 is 0 Å². The highest BCUT2D eigenvalue weighted by molar-refractivity contribution is 6.04. The van der Waals surface area contributed by atoms with E-state index in [2.05, 4.69) is 5.32 Å². The van der Waals surface area contributed by atoms with Crippen LogP contribution in [0, 0.1) is 27.6 Å². The number of nitro benzene ring substituents is 1. The van der Waals surface area contributed by atoms with Crippen molar-refractivity contribution in [1.29, 1.82) is 0 Å². The van der Waals surface area contributed by atoms with Crippen molar-refractivity contribution in [2.24, 2.45) is 0 Å². The first kappa shape index (κ1) is 14.5. The van der Waals surface area contributed by atoms with Crippen molar-refractivity contribution in [2.45, 2.75) is 0 Å². The number of nitro groups is 1. The largest absolute Gasteiger partial charge is 0.322 e. The Balaban J connectivity index is 2.22. The molecular formula is C13H7F3N2O3. The van der Waals surface area contributed by atoms with Crippen molar-refractivity contribution in [1.82, 2.24) is 0 Å². The molecule has 0 unspecified atom stereocenters. The number of nitrogens with zero attached hydrogens (tertiary/aromatic N) is 1. The van der Waals surface area contributed by atoms with Gasteiger partial charge in [-0.3, -0.25) is 14.9 Å². The molecule has 1 N–H and O–H groups in total. The van der Waals surface area contributed by atoms with Crippen LogP contribution in [-0.2, 0) is 0 Å². The second kappa shape index (κ2) is 5.61. The van der Waals surface area contributed by atoms with Crippen LogP contribution in [0.1, 0.15) is 10.4 Å². The van der Waals surface area contributed by atoms with Crippen LogP contribution in [-0.4, -0.2) is 10.8 Å². The van der Waals surface area contributed by atoms with Crippen molar-refractivity contribution >= 4 is 17.3 Å². The molecule has 5 nitrogen and oxygen atoms in total. The van der Waals surface area contributed by atoms with E-state index in [9.17, 15) is 28.1 Å². The summed E-state index contributed by atoms with van der Waals surface area (Å²) in [6.45, 7) is 0. The van der Waals surface area contributed by atoms with E-state index in [4.69, 9.17) is 0 Å². The van der Waals surface area contributed by atoms with E-state index >= 15 is 0 Å². The smallest absolute Gasteiger partial charge is 0.269 e. The first-order valence-corrected chi connectivity index (χ1v) is 5.59. The third kappa shape index (κ3) is 2.99. The second-order valence-electron chi connectivity index (χ2n) is 3.98. The monoisotopic (exact) mass is 296 g/mol. The maximum absolute atomic E-state index is 13.4. The van der Waals surface area contributed by atoms with Crippen molar-refractivity contribution in [3.8, 4) is 0 Å².